The zero-order valence-electron chi connectivity index (χ0n) is 5.33. The first-order chi connectivity index (χ1) is 5.24. The summed E-state index contributed by atoms with van der Waals surface area (Å²) in [6.07, 6.45) is 2.92. The van der Waals surface area contributed by atoms with Gasteiger partial charge >= 0.3 is 0 Å². The predicted octanol–water partition coefficient (Wildman–Crippen LogP) is 2.11. The van der Waals surface area contributed by atoms with E-state index in [1.165, 1.54) is 12.4 Å². The van der Waals surface area contributed by atoms with E-state index in [1.807, 2.05) is 0 Å². The third-order valence-electron chi connectivity index (χ3n) is 1.03. The molecule has 1 aromatic rings. The molecule has 0 saturated carbocycles. The Balaban J connectivity index is 3.06. The second-order valence-electron chi connectivity index (χ2n) is 1.78. The minimum absolute atomic E-state index is 0.0278. The van der Waals surface area contributed by atoms with Gasteiger partial charge in [0.25, 0.3) is 0 Å². The zero-order valence-corrected chi connectivity index (χ0v) is 6.84. The summed E-state index contributed by atoms with van der Waals surface area (Å²) in [7, 11) is 0. The van der Waals surface area contributed by atoms with Crippen LogP contribution in [0.15, 0.2) is 23.6 Å². The summed E-state index contributed by atoms with van der Waals surface area (Å²) in [6, 6.07) is 1.55. The number of pyridine rings is 1. The van der Waals surface area contributed by atoms with Gasteiger partial charge in [0.2, 0.25) is 0 Å². The van der Waals surface area contributed by atoms with Gasteiger partial charge in [0.15, 0.2) is 5.17 Å². The molecule has 11 heavy (non-hydrogen) atoms. The van der Waals surface area contributed by atoms with Crippen molar-refractivity contribution in [2.24, 2.45) is 5.16 Å². The van der Waals surface area contributed by atoms with Gasteiger partial charge in [0, 0.05) is 18.0 Å². The molecule has 0 amide bonds. The van der Waals surface area contributed by atoms with Gasteiger partial charge in [-0.3, -0.25) is 4.98 Å². The topological polar surface area (TPSA) is 45.5 Å². The Kier molecular flexibility index (Phi) is 2.68. The summed E-state index contributed by atoms with van der Waals surface area (Å²) in [4.78, 5) is 3.74. The average Bonchev–Trinajstić information content (AvgIpc) is 2.03. The van der Waals surface area contributed by atoms with Crippen molar-refractivity contribution < 1.29 is 5.21 Å². The highest BCUT2D eigenvalue weighted by molar-refractivity contribution is 6.69. The van der Waals surface area contributed by atoms with Crippen LogP contribution < -0.4 is 0 Å². The van der Waals surface area contributed by atoms with E-state index in [4.69, 9.17) is 28.4 Å². The molecule has 0 unspecified atom stereocenters. The Labute approximate surface area is 73.3 Å². The van der Waals surface area contributed by atoms with Gasteiger partial charge in [-0.25, -0.2) is 0 Å². The molecule has 0 fully saturated rings. The van der Waals surface area contributed by atoms with Crippen molar-refractivity contribution in [3.8, 4) is 0 Å². The number of oxime groups is 1. The number of rotatable bonds is 1. The molecule has 0 bridgehead atoms. The Morgan fingerprint density at radius 3 is 2.82 bits per heavy atom. The minimum atomic E-state index is -0.0278. The molecule has 0 saturated heterocycles. The summed E-state index contributed by atoms with van der Waals surface area (Å²) < 4.78 is 0. The number of aromatic nitrogens is 1. The molecule has 0 aliphatic carbocycles. The quantitative estimate of drug-likeness (QED) is 0.419. The summed E-state index contributed by atoms with van der Waals surface area (Å²) in [5.74, 6) is 0. The summed E-state index contributed by atoms with van der Waals surface area (Å²) >= 11 is 11.1. The lowest BCUT2D eigenvalue weighted by molar-refractivity contribution is 0.321. The lowest BCUT2D eigenvalue weighted by Crippen LogP contribution is -1.91. The van der Waals surface area contributed by atoms with E-state index < -0.39 is 0 Å². The van der Waals surface area contributed by atoms with Crippen LogP contribution in [-0.4, -0.2) is 15.4 Å². The SMILES string of the molecule is ON=C(Cl)c1cncc(Cl)c1. The molecule has 58 valence electrons. The largest absolute Gasteiger partial charge is 0.410 e. The predicted molar refractivity (Wildman–Crippen MR) is 43.4 cm³/mol. The third-order valence-corrected chi connectivity index (χ3v) is 1.53. The molecular weight excluding hydrogens is 187 g/mol. The monoisotopic (exact) mass is 190 g/mol. The van der Waals surface area contributed by atoms with Crippen LogP contribution in [0.2, 0.25) is 5.02 Å². The van der Waals surface area contributed by atoms with Gasteiger partial charge in [0.1, 0.15) is 0 Å². The molecule has 0 aliphatic rings. The first-order valence-corrected chi connectivity index (χ1v) is 3.48. The standard InChI is InChI=1S/C6H4Cl2N2O/c7-5-1-4(2-9-3-5)6(8)10-11/h1-3,11H. The molecule has 1 heterocycles. The summed E-state index contributed by atoms with van der Waals surface area (Å²) in [5.41, 5.74) is 0.488. The first kappa shape index (κ1) is 8.30. The highest BCUT2D eigenvalue weighted by atomic mass is 35.5. The van der Waals surface area contributed by atoms with Crippen LogP contribution in [0.5, 0.6) is 0 Å². The lowest BCUT2D eigenvalue weighted by atomic mass is 10.3. The fourth-order valence-corrected chi connectivity index (χ4v) is 0.860. The maximum Gasteiger partial charge on any atom is 0.176 e. The van der Waals surface area contributed by atoms with Gasteiger partial charge in [-0.1, -0.05) is 28.4 Å². The molecule has 5 heteroatoms. The lowest BCUT2D eigenvalue weighted by Gasteiger charge is -1.94. The molecule has 3 nitrogen and oxygen atoms in total. The van der Waals surface area contributed by atoms with Crippen LogP contribution in [0.3, 0.4) is 0 Å². The van der Waals surface area contributed by atoms with E-state index in [2.05, 4.69) is 10.1 Å². The molecule has 0 spiro atoms. The zero-order chi connectivity index (χ0) is 8.27. The van der Waals surface area contributed by atoms with Crippen LogP contribution in [0.25, 0.3) is 0 Å². The Hall–Kier alpha value is -0.800. The molecule has 1 N–H and O–H groups in total. The number of hydrogen-bond donors (Lipinski definition) is 1. The van der Waals surface area contributed by atoms with Crippen LogP contribution in [0.1, 0.15) is 5.56 Å². The van der Waals surface area contributed by atoms with E-state index >= 15 is 0 Å². The summed E-state index contributed by atoms with van der Waals surface area (Å²) in [5, 5.41) is 11.5. The molecule has 0 aliphatic heterocycles. The Morgan fingerprint density at radius 1 is 1.55 bits per heavy atom. The molecule has 0 radical (unpaired) electrons. The highest BCUT2D eigenvalue weighted by Gasteiger charge is 2.00. The molecule has 1 aromatic heterocycles. The van der Waals surface area contributed by atoms with Crippen molar-refractivity contribution in [1.29, 1.82) is 0 Å². The molecule has 0 atom stereocenters. The number of nitrogens with zero attached hydrogens (tertiary/aromatic N) is 2. The van der Waals surface area contributed by atoms with Gasteiger partial charge in [-0.15, -0.1) is 0 Å². The maximum absolute atomic E-state index is 8.26. The van der Waals surface area contributed by atoms with E-state index in [9.17, 15) is 0 Å². The van der Waals surface area contributed by atoms with E-state index in [0.717, 1.165) is 0 Å². The van der Waals surface area contributed by atoms with Crippen molar-refractivity contribution in [3.63, 3.8) is 0 Å². The maximum atomic E-state index is 8.26. The van der Waals surface area contributed by atoms with Crippen LogP contribution in [0, 0.1) is 0 Å². The minimum Gasteiger partial charge on any atom is -0.410 e. The number of halogens is 2. The normalized spacial score (nSPS) is 11.6. The molecule has 1 rings (SSSR count). The second-order valence-corrected chi connectivity index (χ2v) is 2.58. The van der Waals surface area contributed by atoms with Crippen molar-refractivity contribution in [1.82, 2.24) is 4.98 Å². The van der Waals surface area contributed by atoms with Crippen molar-refractivity contribution in [2.75, 3.05) is 0 Å². The smallest absolute Gasteiger partial charge is 0.176 e. The summed E-state index contributed by atoms with van der Waals surface area (Å²) in [6.45, 7) is 0. The van der Waals surface area contributed by atoms with E-state index in [-0.39, 0.29) is 5.17 Å². The van der Waals surface area contributed by atoms with Crippen molar-refractivity contribution in [2.45, 2.75) is 0 Å². The van der Waals surface area contributed by atoms with E-state index in [0.29, 0.717) is 10.6 Å². The highest BCUT2D eigenvalue weighted by Crippen LogP contribution is 2.10. The fraction of sp³-hybridized carbons (Fsp3) is 0. The van der Waals surface area contributed by atoms with Crippen LogP contribution in [-0.2, 0) is 0 Å². The van der Waals surface area contributed by atoms with Gasteiger partial charge < -0.3 is 5.21 Å². The first-order valence-electron chi connectivity index (χ1n) is 2.72. The van der Waals surface area contributed by atoms with Gasteiger partial charge in [-0.05, 0) is 6.07 Å². The number of hydrogen-bond acceptors (Lipinski definition) is 3. The van der Waals surface area contributed by atoms with Crippen molar-refractivity contribution >= 4 is 28.4 Å². The second kappa shape index (κ2) is 3.55. The van der Waals surface area contributed by atoms with Gasteiger partial charge in [-0.2, -0.15) is 0 Å². The van der Waals surface area contributed by atoms with Gasteiger partial charge in [0.05, 0.1) is 5.02 Å². The average molecular weight is 191 g/mol. The molecular formula is C6H4Cl2N2O. The fourth-order valence-electron chi connectivity index (χ4n) is 0.582. The van der Waals surface area contributed by atoms with Crippen LogP contribution >= 0.6 is 23.2 Å². The van der Waals surface area contributed by atoms with Crippen molar-refractivity contribution in [3.05, 3.63) is 29.0 Å². The Morgan fingerprint density at radius 2 is 2.27 bits per heavy atom. The Bertz CT molecular complexity index is 288. The van der Waals surface area contributed by atoms with E-state index in [1.54, 1.807) is 6.07 Å². The van der Waals surface area contributed by atoms with Crippen LogP contribution in [0.4, 0.5) is 0 Å². The third kappa shape index (κ3) is 2.06. The molecule has 0 aromatic carbocycles.